The first-order chi connectivity index (χ1) is 20.8. The maximum atomic E-state index is 13.6. The van der Waals surface area contributed by atoms with E-state index in [-0.39, 0.29) is 22.3 Å². The molecule has 7 nitrogen and oxygen atoms in total. The molecule has 0 fully saturated rings. The average molecular weight is 563 g/mol. The molecule has 0 aromatic heterocycles. The van der Waals surface area contributed by atoms with Crippen LogP contribution in [-0.2, 0) is 4.74 Å². The van der Waals surface area contributed by atoms with Gasteiger partial charge in [0.2, 0.25) is 0 Å². The monoisotopic (exact) mass is 562 g/mol. The van der Waals surface area contributed by atoms with Crippen LogP contribution in [0.25, 0.3) is 66.1 Å². The Morgan fingerprint density at radius 3 is 1.16 bits per heavy atom. The fourth-order valence-corrected chi connectivity index (χ4v) is 6.73. The maximum absolute atomic E-state index is 13.6. The van der Waals surface area contributed by atoms with Gasteiger partial charge in [-0.25, -0.2) is 19.2 Å². The van der Waals surface area contributed by atoms with Crippen LogP contribution in [0.1, 0.15) is 41.4 Å². The van der Waals surface area contributed by atoms with E-state index in [1.807, 2.05) is 60.7 Å². The smallest absolute Gasteiger partial charge is 0.346 e. The van der Waals surface area contributed by atoms with Crippen molar-refractivity contribution < 1.29 is 34.1 Å². The average Bonchev–Trinajstić information content (AvgIpc) is 3.51. The lowest BCUT2D eigenvalue weighted by Gasteiger charge is -2.14. The molecule has 0 amide bonds. The highest BCUT2D eigenvalue weighted by atomic mass is 16.6. The van der Waals surface area contributed by atoms with Gasteiger partial charge in [-0.15, -0.1) is 0 Å². The van der Waals surface area contributed by atoms with Crippen LogP contribution in [0.4, 0.5) is 0 Å². The third-order valence-corrected chi connectivity index (χ3v) is 8.39. The largest absolute Gasteiger partial charge is 0.478 e. The van der Waals surface area contributed by atoms with Crippen LogP contribution < -0.4 is 0 Å². The minimum absolute atomic E-state index is 0.291. The fraction of sp³-hybridized carbons (Fsp3) is 0. The summed E-state index contributed by atoms with van der Waals surface area (Å²) in [5, 5.41) is 22.5. The number of esters is 2. The van der Waals surface area contributed by atoms with Gasteiger partial charge in [0.05, 0.1) is 22.3 Å². The summed E-state index contributed by atoms with van der Waals surface area (Å²) in [6, 6.07) is 28.4. The number of aromatic carboxylic acids is 2. The van der Waals surface area contributed by atoms with E-state index in [9.17, 15) is 29.4 Å². The number of ether oxygens (including phenoxy) is 1. The number of carbonyl (C=O) groups is 4. The van der Waals surface area contributed by atoms with E-state index in [0.717, 1.165) is 33.4 Å². The summed E-state index contributed by atoms with van der Waals surface area (Å²) in [6.07, 6.45) is 0. The molecule has 204 valence electrons. The van der Waals surface area contributed by atoms with Crippen LogP contribution >= 0.6 is 0 Å². The van der Waals surface area contributed by atoms with E-state index in [1.165, 1.54) is 12.1 Å². The van der Waals surface area contributed by atoms with Crippen molar-refractivity contribution in [1.29, 1.82) is 0 Å². The number of fused-ring (bicyclic) bond motifs is 6. The van der Waals surface area contributed by atoms with E-state index in [0.29, 0.717) is 32.7 Å². The lowest BCUT2D eigenvalue weighted by Crippen LogP contribution is -2.19. The maximum Gasteiger partial charge on any atom is 0.346 e. The van der Waals surface area contributed by atoms with Crippen molar-refractivity contribution in [2.45, 2.75) is 0 Å². The second-order valence-corrected chi connectivity index (χ2v) is 10.5. The van der Waals surface area contributed by atoms with Crippen molar-refractivity contribution in [3.05, 3.63) is 119 Å². The fourth-order valence-electron chi connectivity index (χ4n) is 6.73. The molecule has 0 radical (unpaired) electrons. The summed E-state index contributed by atoms with van der Waals surface area (Å²) in [7, 11) is 0. The van der Waals surface area contributed by atoms with Crippen molar-refractivity contribution in [2.24, 2.45) is 0 Å². The third kappa shape index (κ3) is 3.30. The minimum atomic E-state index is -1.35. The molecule has 0 atom stereocenters. The summed E-state index contributed by atoms with van der Waals surface area (Å²) in [5.74, 6) is -5.07. The van der Waals surface area contributed by atoms with E-state index in [2.05, 4.69) is 0 Å². The molecule has 7 heteroatoms. The van der Waals surface area contributed by atoms with Crippen molar-refractivity contribution in [3.8, 4) is 44.5 Å². The molecular formula is C36H18O7. The van der Waals surface area contributed by atoms with E-state index >= 15 is 0 Å². The Morgan fingerprint density at radius 1 is 0.442 bits per heavy atom. The van der Waals surface area contributed by atoms with Gasteiger partial charge in [0.25, 0.3) is 0 Å². The molecule has 0 spiro atoms. The molecule has 0 aliphatic heterocycles. The number of carbonyl (C=O) groups excluding carboxylic acids is 2. The second-order valence-electron chi connectivity index (χ2n) is 10.5. The van der Waals surface area contributed by atoms with Gasteiger partial charge in [-0.2, -0.15) is 0 Å². The van der Waals surface area contributed by atoms with Crippen molar-refractivity contribution in [3.63, 3.8) is 0 Å². The normalized spacial score (nSPS) is 11.8. The molecule has 0 bridgehead atoms. The number of carboxylic acids is 2. The van der Waals surface area contributed by atoms with Crippen molar-refractivity contribution in [2.75, 3.05) is 0 Å². The van der Waals surface area contributed by atoms with Crippen LogP contribution in [-0.4, -0.2) is 34.1 Å². The Bertz CT molecular complexity index is 2150. The Morgan fingerprint density at radius 2 is 0.791 bits per heavy atom. The van der Waals surface area contributed by atoms with E-state index in [1.54, 1.807) is 24.3 Å². The second kappa shape index (κ2) is 8.71. The molecule has 6 aromatic rings. The first kappa shape index (κ1) is 24.7. The molecule has 8 rings (SSSR count). The Hall–Kier alpha value is -6.08. The highest BCUT2D eigenvalue weighted by Crippen LogP contribution is 2.50. The Kier molecular flexibility index (Phi) is 5.00. The Labute approximate surface area is 243 Å². The summed E-state index contributed by atoms with van der Waals surface area (Å²) < 4.78 is 5.31. The summed E-state index contributed by atoms with van der Waals surface area (Å²) in [6.45, 7) is 0. The van der Waals surface area contributed by atoms with Gasteiger partial charge in [-0.05, 0) is 78.2 Å². The predicted molar refractivity (Wildman–Crippen MR) is 160 cm³/mol. The van der Waals surface area contributed by atoms with Crippen LogP contribution in [0.2, 0.25) is 0 Å². The first-order valence-electron chi connectivity index (χ1n) is 13.5. The topological polar surface area (TPSA) is 118 Å². The summed E-state index contributed by atoms with van der Waals surface area (Å²) >= 11 is 0. The SMILES string of the molecule is O=C(OC(=O)c1cc2c3c(cccc3c1C(=O)O)-c1ccccc1-2)c1cc2c3c(cccc3c1C(=O)O)-c1ccccc1-2. The minimum Gasteiger partial charge on any atom is -0.478 e. The Balaban J connectivity index is 1.29. The highest BCUT2D eigenvalue weighted by Gasteiger charge is 2.33. The number of rotatable bonds is 4. The highest BCUT2D eigenvalue weighted by molar-refractivity contribution is 6.26. The first-order valence-corrected chi connectivity index (χ1v) is 13.5. The lowest BCUT2D eigenvalue weighted by molar-refractivity contribution is 0.0387. The van der Waals surface area contributed by atoms with Crippen LogP contribution in [0.3, 0.4) is 0 Å². The van der Waals surface area contributed by atoms with Crippen LogP contribution in [0.15, 0.2) is 97.1 Å². The van der Waals surface area contributed by atoms with Crippen LogP contribution in [0.5, 0.6) is 0 Å². The molecule has 0 heterocycles. The van der Waals surface area contributed by atoms with Gasteiger partial charge in [-0.3, -0.25) is 0 Å². The summed E-state index contributed by atoms with van der Waals surface area (Å²) in [5.41, 5.74) is 5.28. The predicted octanol–water partition coefficient (Wildman–Crippen LogP) is 7.68. The van der Waals surface area contributed by atoms with Gasteiger partial charge < -0.3 is 14.9 Å². The van der Waals surface area contributed by atoms with Gasteiger partial charge in [-0.1, -0.05) is 84.9 Å². The zero-order valence-corrected chi connectivity index (χ0v) is 22.2. The zero-order valence-electron chi connectivity index (χ0n) is 22.2. The zero-order chi connectivity index (χ0) is 29.6. The van der Waals surface area contributed by atoms with Gasteiger partial charge >= 0.3 is 23.9 Å². The van der Waals surface area contributed by atoms with Crippen molar-refractivity contribution in [1.82, 2.24) is 0 Å². The summed E-state index contributed by atoms with van der Waals surface area (Å²) in [4.78, 5) is 52.4. The number of benzene rings is 6. The quantitative estimate of drug-likeness (QED) is 0.167. The molecule has 6 aromatic carbocycles. The van der Waals surface area contributed by atoms with E-state index < -0.39 is 23.9 Å². The molecule has 2 aliphatic rings. The molecule has 2 N–H and O–H groups in total. The molecule has 2 aliphatic carbocycles. The standard InChI is InChI=1S/C36H18O7/c37-33(38)31-23-13-5-11-21-17-7-1-3-9-19(17)25(29(21)23)15-27(31)35(41)43-36(42)28-16-26-20-10-4-2-8-18(20)22-12-6-14-24(30(22)26)32(28)34(39)40/h1-16H,(H,37,38)(H,39,40). The van der Waals surface area contributed by atoms with E-state index in [4.69, 9.17) is 4.74 Å². The molecule has 0 saturated carbocycles. The van der Waals surface area contributed by atoms with Crippen molar-refractivity contribution >= 4 is 45.4 Å². The molecule has 43 heavy (non-hydrogen) atoms. The molecular weight excluding hydrogens is 544 g/mol. The van der Waals surface area contributed by atoms with Gasteiger partial charge in [0.15, 0.2) is 0 Å². The van der Waals surface area contributed by atoms with Gasteiger partial charge in [0, 0.05) is 0 Å². The van der Waals surface area contributed by atoms with Gasteiger partial charge in [0.1, 0.15) is 0 Å². The molecule has 0 unspecified atom stereocenters. The lowest BCUT2D eigenvalue weighted by atomic mass is 9.93. The number of carboxylic acid groups (broad SMARTS) is 2. The molecule has 0 saturated heterocycles. The number of hydrogen-bond acceptors (Lipinski definition) is 5. The number of hydrogen-bond donors (Lipinski definition) is 2. The third-order valence-electron chi connectivity index (χ3n) is 8.39. The van der Waals surface area contributed by atoms with Crippen LogP contribution in [0, 0.1) is 0 Å².